The fourth-order valence-electron chi connectivity index (χ4n) is 4.15. The first-order valence-electron chi connectivity index (χ1n) is 14.1. The first-order chi connectivity index (χ1) is 22.0. The summed E-state index contributed by atoms with van der Waals surface area (Å²) in [4.78, 5) is 44.0. The van der Waals surface area contributed by atoms with E-state index in [9.17, 15) is 14.4 Å². The van der Waals surface area contributed by atoms with E-state index in [1.807, 2.05) is 85.1 Å². The minimum Gasteiger partial charge on any atom is -0.494 e. The third kappa shape index (κ3) is 9.15. The fraction of sp³-hybridized carbons (Fsp3) is 0.0857. The van der Waals surface area contributed by atoms with Gasteiger partial charge in [-0.05, 0) is 79.2 Å². The molecule has 0 atom stereocenters. The lowest BCUT2D eigenvalue weighted by Gasteiger charge is -2.12. The van der Waals surface area contributed by atoms with Gasteiger partial charge in [0.2, 0.25) is 5.91 Å². The van der Waals surface area contributed by atoms with Crippen LogP contribution in [-0.2, 0) is 9.59 Å². The molecule has 0 aliphatic carbocycles. The van der Waals surface area contributed by atoms with Gasteiger partial charge in [0.15, 0.2) is 5.13 Å². The number of thiazole rings is 1. The molecule has 4 aromatic carbocycles. The molecule has 0 radical (unpaired) electrons. The summed E-state index contributed by atoms with van der Waals surface area (Å²) in [6.45, 7) is 2.55. The Morgan fingerprint density at radius 1 is 0.844 bits per heavy atom. The molecule has 0 saturated carbocycles. The van der Waals surface area contributed by atoms with Gasteiger partial charge in [0.25, 0.3) is 11.8 Å². The van der Waals surface area contributed by atoms with Crippen molar-refractivity contribution in [2.24, 2.45) is 0 Å². The van der Waals surface area contributed by atoms with Crippen LogP contribution in [-0.4, -0.2) is 35.1 Å². The first-order valence-corrected chi connectivity index (χ1v) is 16.0. The molecule has 226 valence electrons. The SMILES string of the molecule is CCOc1ccc(-c2csc(NC(=O)CSc3ccc(NC(=O)/C(=C/c4ccccc4)NC(=O)c4ccccc4)cc3)n2)cc1. The van der Waals surface area contributed by atoms with Gasteiger partial charge < -0.3 is 20.7 Å². The molecule has 45 heavy (non-hydrogen) atoms. The van der Waals surface area contributed by atoms with Crippen LogP contribution in [0, 0.1) is 0 Å². The van der Waals surface area contributed by atoms with Crippen molar-refractivity contribution < 1.29 is 19.1 Å². The summed E-state index contributed by atoms with van der Waals surface area (Å²) in [7, 11) is 0. The lowest BCUT2D eigenvalue weighted by Crippen LogP contribution is -2.30. The van der Waals surface area contributed by atoms with Gasteiger partial charge in [-0.2, -0.15) is 0 Å². The molecule has 0 spiro atoms. The second-order valence-electron chi connectivity index (χ2n) is 9.60. The zero-order chi connectivity index (χ0) is 31.4. The smallest absolute Gasteiger partial charge is 0.272 e. The Morgan fingerprint density at radius 3 is 2.22 bits per heavy atom. The standard InChI is InChI=1S/C35H30N4O4S2/c1-2-43-28-17-13-25(14-18-28)31-22-45-35(38-31)39-32(40)23-44-29-19-15-27(16-20-29)36-34(42)30(21-24-9-5-3-6-10-24)37-33(41)26-11-7-4-8-12-26/h3-22H,2,23H2,1H3,(H,36,42)(H,37,41)(H,38,39,40)/b30-21-. The lowest BCUT2D eigenvalue weighted by molar-refractivity contribution is -0.114. The van der Waals surface area contributed by atoms with Gasteiger partial charge in [-0.15, -0.1) is 23.1 Å². The highest BCUT2D eigenvalue weighted by atomic mass is 32.2. The Hall–Kier alpha value is -5.19. The minimum atomic E-state index is -0.462. The number of benzene rings is 4. The van der Waals surface area contributed by atoms with Crippen LogP contribution in [0.25, 0.3) is 17.3 Å². The van der Waals surface area contributed by atoms with E-state index in [-0.39, 0.29) is 23.3 Å². The maximum absolute atomic E-state index is 13.2. The molecule has 0 aliphatic rings. The van der Waals surface area contributed by atoms with E-state index in [4.69, 9.17) is 4.74 Å². The van der Waals surface area contributed by atoms with Crippen molar-refractivity contribution in [3.63, 3.8) is 0 Å². The normalized spacial score (nSPS) is 11.0. The van der Waals surface area contributed by atoms with Crippen LogP contribution in [0.2, 0.25) is 0 Å². The number of carbonyl (C=O) groups is 3. The zero-order valence-electron chi connectivity index (χ0n) is 24.4. The molecule has 10 heteroatoms. The summed E-state index contributed by atoms with van der Waals surface area (Å²) < 4.78 is 5.49. The van der Waals surface area contributed by atoms with Crippen LogP contribution in [0.1, 0.15) is 22.8 Å². The largest absolute Gasteiger partial charge is 0.494 e. The zero-order valence-corrected chi connectivity index (χ0v) is 26.0. The number of nitrogens with zero attached hydrogens (tertiary/aromatic N) is 1. The number of carbonyl (C=O) groups excluding carboxylic acids is 3. The van der Waals surface area contributed by atoms with Crippen LogP contribution in [0.4, 0.5) is 10.8 Å². The molecule has 0 unspecified atom stereocenters. The van der Waals surface area contributed by atoms with E-state index >= 15 is 0 Å². The van der Waals surface area contributed by atoms with E-state index in [0.29, 0.717) is 23.0 Å². The van der Waals surface area contributed by atoms with Crippen molar-refractivity contribution in [3.8, 4) is 17.0 Å². The number of hydrogen-bond acceptors (Lipinski definition) is 7. The highest BCUT2D eigenvalue weighted by Crippen LogP contribution is 2.27. The number of nitrogens with one attached hydrogen (secondary N) is 3. The van der Waals surface area contributed by atoms with E-state index in [1.54, 1.807) is 42.5 Å². The van der Waals surface area contributed by atoms with Gasteiger partial charge in [0.1, 0.15) is 11.4 Å². The van der Waals surface area contributed by atoms with Gasteiger partial charge in [-0.25, -0.2) is 4.98 Å². The number of ether oxygens (including phenoxy) is 1. The average Bonchev–Trinajstić information content (AvgIpc) is 3.53. The van der Waals surface area contributed by atoms with E-state index in [1.165, 1.54) is 23.1 Å². The Labute approximate surface area is 269 Å². The topological polar surface area (TPSA) is 109 Å². The summed E-state index contributed by atoms with van der Waals surface area (Å²) in [5.41, 5.74) is 3.59. The van der Waals surface area contributed by atoms with Gasteiger partial charge >= 0.3 is 0 Å². The maximum atomic E-state index is 13.2. The molecule has 3 N–H and O–H groups in total. The van der Waals surface area contributed by atoms with Gasteiger partial charge in [-0.3, -0.25) is 14.4 Å². The number of rotatable bonds is 12. The van der Waals surface area contributed by atoms with E-state index < -0.39 is 5.91 Å². The first kappa shape index (κ1) is 31.2. The molecule has 0 aliphatic heterocycles. The highest BCUT2D eigenvalue weighted by molar-refractivity contribution is 8.00. The van der Waals surface area contributed by atoms with Gasteiger partial charge in [0.05, 0.1) is 18.1 Å². The van der Waals surface area contributed by atoms with Crippen molar-refractivity contribution in [1.82, 2.24) is 10.3 Å². The summed E-state index contributed by atoms with van der Waals surface area (Å²) >= 11 is 2.74. The van der Waals surface area contributed by atoms with Crippen LogP contribution in [0.3, 0.4) is 0 Å². The molecule has 1 aromatic heterocycles. The number of hydrogen-bond donors (Lipinski definition) is 3. The molecule has 8 nitrogen and oxygen atoms in total. The Kier molecular flexibility index (Phi) is 10.8. The Bertz CT molecular complexity index is 1770. The Balaban J connectivity index is 1.15. The van der Waals surface area contributed by atoms with Crippen LogP contribution < -0.4 is 20.7 Å². The van der Waals surface area contributed by atoms with Gasteiger partial charge in [0, 0.05) is 27.1 Å². The van der Waals surface area contributed by atoms with Crippen LogP contribution in [0.15, 0.2) is 125 Å². The van der Waals surface area contributed by atoms with Crippen molar-refractivity contribution in [1.29, 1.82) is 0 Å². The van der Waals surface area contributed by atoms with E-state index in [2.05, 4.69) is 20.9 Å². The third-order valence-electron chi connectivity index (χ3n) is 6.33. The second kappa shape index (κ2) is 15.5. The predicted molar refractivity (Wildman–Crippen MR) is 181 cm³/mol. The molecule has 0 bridgehead atoms. The quantitative estimate of drug-likeness (QED) is 0.0978. The summed E-state index contributed by atoms with van der Waals surface area (Å²) in [5, 5.41) is 10.9. The predicted octanol–water partition coefficient (Wildman–Crippen LogP) is 7.35. The van der Waals surface area contributed by atoms with Crippen LogP contribution in [0.5, 0.6) is 5.75 Å². The lowest BCUT2D eigenvalue weighted by atomic mass is 10.1. The molecular weight excluding hydrogens is 605 g/mol. The van der Waals surface area contributed by atoms with E-state index in [0.717, 1.165) is 27.5 Å². The monoisotopic (exact) mass is 634 g/mol. The average molecular weight is 635 g/mol. The van der Waals surface area contributed by atoms with Crippen molar-refractivity contribution in [3.05, 3.63) is 131 Å². The molecule has 3 amide bonds. The van der Waals surface area contributed by atoms with Crippen LogP contribution >= 0.6 is 23.1 Å². The van der Waals surface area contributed by atoms with Gasteiger partial charge in [-0.1, -0.05) is 48.5 Å². The third-order valence-corrected chi connectivity index (χ3v) is 8.10. The molecular formula is C35H30N4O4S2. The molecule has 0 saturated heterocycles. The highest BCUT2D eigenvalue weighted by Gasteiger charge is 2.15. The molecule has 1 heterocycles. The fourth-order valence-corrected chi connectivity index (χ4v) is 5.58. The summed E-state index contributed by atoms with van der Waals surface area (Å²) in [6, 6.07) is 32.8. The number of anilines is 2. The minimum absolute atomic E-state index is 0.109. The number of amides is 3. The maximum Gasteiger partial charge on any atom is 0.272 e. The Morgan fingerprint density at radius 2 is 1.53 bits per heavy atom. The molecule has 5 aromatic rings. The summed E-state index contributed by atoms with van der Waals surface area (Å²) in [5.74, 6) is -0.0256. The van der Waals surface area contributed by atoms with Crippen molar-refractivity contribution in [2.45, 2.75) is 11.8 Å². The summed E-state index contributed by atoms with van der Waals surface area (Å²) in [6.07, 6.45) is 1.63. The number of thioether (sulfide) groups is 1. The second-order valence-corrected chi connectivity index (χ2v) is 11.5. The molecule has 0 fully saturated rings. The molecule has 5 rings (SSSR count). The van der Waals surface area contributed by atoms with Crippen molar-refractivity contribution in [2.75, 3.05) is 23.0 Å². The number of aromatic nitrogens is 1. The van der Waals surface area contributed by atoms with Crippen molar-refractivity contribution >= 4 is 57.7 Å².